The lowest BCUT2D eigenvalue weighted by molar-refractivity contribution is 0.109. The maximum absolute atomic E-state index is 11.0. The van der Waals surface area contributed by atoms with E-state index in [1.54, 1.807) is 0 Å². The third-order valence-corrected chi connectivity index (χ3v) is 3.53. The molecule has 0 amide bonds. The zero-order valence-electron chi connectivity index (χ0n) is 10.8. The van der Waals surface area contributed by atoms with Crippen molar-refractivity contribution in [2.75, 3.05) is 0 Å². The number of hydrogen-bond donors (Lipinski definition) is 1. The second-order valence-electron chi connectivity index (χ2n) is 4.62. The molecule has 0 radical (unpaired) electrons. The highest BCUT2D eigenvalue weighted by Crippen LogP contribution is 2.19. The van der Waals surface area contributed by atoms with Gasteiger partial charge >= 0.3 is 0 Å². The van der Waals surface area contributed by atoms with Crippen LogP contribution in [0.15, 0.2) is 24.3 Å². The van der Waals surface area contributed by atoms with Crippen molar-refractivity contribution in [2.24, 2.45) is 5.92 Å². The summed E-state index contributed by atoms with van der Waals surface area (Å²) in [6.45, 7) is 4.49. The molecule has 1 nitrogen and oxygen atoms in total. The summed E-state index contributed by atoms with van der Waals surface area (Å²) in [5, 5.41) is -0.158. The van der Waals surface area contributed by atoms with E-state index in [1.807, 2.05) is 12.1 Å². The molecule has 1 aromatic carbocycles. The van der Waals surface area contributed by atoms with Gasteiger partial charge in [-0.25, -0.2) is 0 Å². The first kappa shape index (κ1) is 14.3. The summed E-state index contributed by atoms with van der Waals surface area (Å²) in [7, 11) is 0. The number of carbonyl (C=O) groups excluding carboxylic acids is 1. The van der Waals surface area contributed by atoms with E-state index in [2.05, 4.69) is 38.6 Å². The van der Waals surface area contributed by atoms with Crippen LogP contribution in [0.2, 0.25) is 0 Å². The van der Waals surface area contributed by atoms with Gasteiger partial charge in [0.1, 0.15) is 0 Å². The van der Waals surface area contributed by atoms with Gasteiger partial charge < -0.3 is 0 Å². The average molecular weight is 250 g/mol. The van der Waals surface area contributed by atoms with E-state index in [0.717, 1.165) is 12.3 Å². The molecule has 0 saturated carbocycles. The highest BCUT2D eigenvalue weighted by molar-refractivity contribution is 7.97. The zero-order chi connectivity index (χ0) is 12.7. The molecule has 0 aliphatic carbocycles. The number of thiol groups is 1. The Morgan fingerprint density at radius 2 is 1.88 bits per heavy atom. The van der Waals surface area contributed by atoms with E-state index < -0.39 is 0 Å². The van der Waals surface area contributed by atoms with E-state index in [0.29, 0.717) is 5.56 Å². The third-order valence-electron chi connectivity index (χ3n) is 3.27. The Bertz CT molecular complexity index is 342. The van der Waals surface area contributed by atoms with Gasteiger partial charge in [0.2, 0.25) is 5.12 Å². The van der Waals surface area contributed by atoms with E-state index in [-0.39, 0.29) is 5.12 Å². The second-order valence-corrected chi connectivity index (χ2v) is 5.03. The maximum Gasteiger partial charge on any atom is 0.216 e. The van der Waals surface area contributed by atoms with Crippen LogP contribution in [0.5, 0.6) is 0 Å². The molecule has 0 aliphatic heterocycles. The second kappa shape index (κ2) is 7.54. The lowest BCUT2D eigenvalue weighted by Gasteiger charge is -2.14. The molecule has 1 aromatic rings. The van der Waals surface area contributed by atoms with Crippen molar-refractivity contribution in [3.05, 3.63) is 35.4 Å². The van der Waals surface area contributed by atoms with Gasteiger partial charge in [-0.05, 0) is 17.9 Å². The summed E-state index contributed by atoms with van der Waals surface area (Å²) in [5.41, 5.74) is 2.00. The Labute approximate surface area is 110 Å². The van der Waals surface area contributed by atoms with Crippen molar-refractivity contribution in [2.45, 2.75) is 46.0 Å². The molecule has 1 unspecified atom stereocenters. The minimum absolute atomic E-state index is 0.158. The number of unbranched alkanes of at least 4 members (excludes halogenated alkanes) is 1. The molecule has 0 heterocycles. The van der Waals surface area contributed by atoms with Gasteiger partial charge in [-0.2, -0.15) is 0 Å². The Morgan fingerprint density at radius 1 is 1.24 bits per heavy atom. The third kappa shape index (κ3) is 4.95. The average Bonchev–Trinajstić information content (AvgIpc) is 2.35. The van der Waals surface area contributed by atoms with Gasteiger partial charge in [0.25, 0.3) is 0 Å². The van der Waals surface area contributed by atoms with Gasteiger partial charge in [0.05, 0.1) is 0 Å². The van der Waals surface area contributed by atoms with Gasteiger partial charge in [-0.15, -0.1) is 12.6 Å². The van der Waals surface area contributed by atoms with Crippen LogP contribution in [0.1, 0.15) is 55.5 Å². The van der Waals surface area contributed by atoms with Crippen LogP contribution in [0, 0.1) is 5.92 Å². The highest BCUT2D eigenvalue weighted by atomic mass is 32.1. The molecule has 94 valence electrons. The first-order valence-corrected chi connectivity index (χ1v) is 6.94. The highest BCUT2D eigenvalue weighted by Gasteiger charge is 2.07. The quantitative estimate of drug-likeness (QED) is 0.704. The summed E-state index contributed by atoms with van der Waals surface area (Å²) in [5.74, 6) is 0.771. The summed E-state index contributed by atoms with van der Waals surface area (Å²) in [6, 6.07) is 7.85. The molecule has 1 atom stereocenters. The normalized spacial score (nSPS) is 12.4. The van der Waals surface area contributed by atoms with Crippen LogP contribution in [-0.4, -0.2) is 5.12 Å². The molecular formula is C15H22OS. The number of hydrogen-bond acceptors (Lipinski definition) is 1. The SMILES string of the molecule is CCCCC(CC)Cc1ccc(C(=O)S)cc1. The van der Waals surface area contributed by atoms with Crippen molar-refractivity contribution >= 4 is 17.7 Å². The van der Waals surface area contributed by atoms with E-state index >= 15 is 0 Å². The molecule has 0 aliphatic rings. The molecule has 0 bridgehead atoms. The number of carbonyl (C=O) groups is 1. The van der Waals surface area contributed by atoms with Crippen molar-refractivity contribution in [3.63, 3.8) is 0 Å². The fourth-order valence-electron chi connectivity index (χ4n) is 2.06. The van der Waals surface area contributed by atoms with Gasteiger partial charge in [-0.3, -0.25) is 4.79 Å². The minimum atomic E-state index is -0.158. The molecule has 0 spiro atoms. The number of rotatable bonds is 7. The molecule has 0 saturated heterocycles. The molecular weight excluding hydrogens is 228 g/mol. The van der Waals surface area contributed by atoms with Crippen LogP contribution >= 0.6 is 12.6 Å². The summed E-state index contributed by atoms with van der Waals surface area (Å²) in [4.78, 5) is 11.0. The van der Waals surface area contributed by atoms with Crippen LogP contribution in [-0.2, 0) is 6.42 Å². The van der Waals surface area contributed by atoms with Crippen molar-refractivity contribution in [1.82, 2.24) is 0 Å². The Morgan fingerprint density at radius 3 is 2.35 bits per heavy atom. The van der Waals surface area contributed by atoms with Crippen LogP contribution in [0.4, 0.5) is 0 Å². The molecule has 17 heavy (non-hydrogen) atoms. The van der Waals surface area contributed by atoms with Crippen molar-refractivity contribution < 1.29 is 4.79 Å². The monoisotopic (exact) mass is 250 g/mol. The summed E-state index contributed by atoms with van der Waals surface area (Å²) >= 11 is 3.82. The number of benzene rings is 1. The van der Waals surface area contributed by atoms with Crippen LogP contribution in [0.3, 0.4) is 0 Å². The van der Waals surface area contributed by atoms with Gasteiger partial charge in [-0.1, -0.05) is 63.8 Å². The molecule has 0 fully saturated rings. The molecule has 1 rings (SSSR count). The summed E-state index contributed by atoms with van der Waals surface area (Å²) in [6.07, 6.45) is 6.24. The smallest absolute Gasteiger partial charge is 0.216 e. The van der Waals surface area contributed by atoms with E-state index in [9.17, 15) is 4.79 Å². The van der Waals surface area contributed by atoms with Gasteiger partial charge in [0.15, 0.2) is 0 Å². The standard InChI is InChI=1S/C15H22OS/c1-3-5-6-12(4-2)11-13-7-9-14(10-8-13)15(16)17/h7-10,12H,3-6,11H2,1-2H3,(H,16,17). The molecule has 2 heteroatoms. The Hall–Kier alpha value is -0.760. The van der Waals surface area contributed by atoms with Crippen molar-refractivity contribution in [1.29, 1.82) is 0 Å². The largest absolute Gasteiger partial charge is 0.282 e. The van der Waals surface area contributed by atoms with E-state index in [4.69, 9.17) is 0 Å². The minimum Gasteiger partial charge on any atom is -0.282 e. The Balaban J connectivity index is 2.57. The fraction of sp³-hybridized carbons (Fsp3) is 0.533. The maximum atomic E-state index is 11.0. The lowest BCUT2D eigenvalue weighted by atomic mass is 9.92. The van der Waals surface area contributed by atoms with Crippen molar-refractivity contribution in [3.8, 4) is 0 Å². The molecule has 0 aromatic heterocycles. The first-order valence-electron chi connectivity index (χ1n) is 6.49. The lowest BCUT2D eigenvalue weighted by Crippen LogP contribution is -2.03. The van der Waals surface area contributed by atoms with Crippen LogP contribution < -0.4 is 0 Å². The predicted molar refractivity (Wildman–Crippen MR) is 76.8 cm³/mol. The predicted octanol–water partition coefficient (Wildman–Crippen LogP) is 4.52. The topological polar surface area (TPSA) is 17.1 Å². The molecule has 0 N–H and O–H groups in total. The van der Waals surface area contributed by atoms with E-state index in [1.165, 1.54) is 31.2 Å². The summed E-state index contributed by atoms with van der Waals surface area (Å²) < 4.78 is 0. The Kier molecular flexibility index (Phi) is 6.35. The first-order chi connectivity index (χ1) is 8.17. The fourth-order valence-corrected chi connectivity index (χ4v) is 2.21. The van der Waals surface area contributed by atoms with Gasteiger partial charge in [0, 0.05) is 5.56 Å². The van der Waals surface area contributed by atoms with Crippen LogP contribution in [0.25, 0.3) is 0 Å². The zero-order valence-corrected chi connectivity index (χ0v) is 11.7.